The molecule has 1 N–H and O–H groups in total. The van der Waals surface area contributed by atoms with Crippen LogP contribution in [0.5, 0.6) is 11.5 Å². The van der Waals surface area contributed by atoms with E-state index in [9.17, 15) is 18.4 Å². The normalized spacial score (nSPS) is 15.4. The van der Waals surface area contributed by atoms with E-state index in [2.05, 4.69) is 5.32 Å². The summed E-state index contributed by atoms with van der Waals surface area (Å²) in [5.74, 6) is -1.40. The van der Waals surface area contributed by atoms with Crippen LogP contribution in [0.25, 0.3) is 0 Å². The van der Waals surface area contributed by atoms with E-state index in [-0.39, 0.29) is 17.9 Å². The van der Waals surface area contributed by atoms with Crippen molar-refractivity contribution in [2.45, 2.75) is 6.04 Å². The van der Waals surface area contributed by atoms with Crippen molar-refractivity contribution in [1.82, 2.24) is 4.90 Å². The summed E-state index contributed by atoms with van der Waals surface area (Å²) in [5.41, 5.74) is 1.44. The fraction of sp³-hybridized carbons (Fsp3) is 0.167. The van der Waals surface area contributed by atoms with E-state index in [1.807, 2.05) is 0 Å². The summed E-state index contributed by atoms with van der Waals surface area (Å²) in [5, 5.41) is 2.72. The van der Waals surface area contributed by atoms with Crippen LogP contribution in [0, 0.1) is 11.6 Å². The second kappa shape index (κ2) is 8.66. The van der Waals surface area contributed by atoms with Crippen LogP contribution >= 0.6 is 0 Å². The second-order valence-corrected chi connectivity index (χ2v) is 7.21. The first-order valence-corrected chi connectivity index (χ1v) is 9.79. The second-order valence-electron chi connectivity index (χ2n) is 7.21. The SMILES string of the molecule is COc1cccc(C(=O)N2CC(=O)Nc3ccc(F)cc3[C@@H]2c2ccc(F)cc2)c1OC. The Hall–Kier alpha value is -3.94. The molecule has 0 radical (unpaired) electrons. The number of fused-ring (bicyclic) bond motifs is 1. The van der Waals surface area contributed by atoms with Gasteiger partial charge in [0, 0.05) is 11.3 Å². The van der Waals surface area contributed by atoms with E-state index in [1.165, 1.54) is 61.6 Å². The van der Waals surface area contributed by atoms with Crippen LogP contribution in [-0.2, 0) is 4.79 Å². The molecule has 0 aliphatic carbocycles. The van der Waals surface area contributed by atoms with Gasteiger partial charge in [-0.05, 0) is 48.0 Å². The molecular formula is C24H20F2N2O4. The minimum absolute atomic E-state index is 0.173. The van der Waals surface area contributed by atoms with Crippen LogP contribution in [0.3, 0.4) is 0 Å². The Morgan fingerprint density at radius 3 is 2.41 bits per heavy atom. The fourth-order valence-electron chi connectivity index (χ4n) is 3.88. The summed E-state index contributed by atoms with van der Waals surface area (Å²) in [7, 11) is 2.86. The van der Waals surface area contributed by atoms with Crippen LogP contribution in [0.1, 0.15) is 27.5 Å². The highest BCUT2D eigenvalue weighted by molar-refractivity contribution is 6.03. The maximum Gasteiger partial charge on any atom is 0.259 e. The van der Waals surface area contributed by atoms with Gasteiger partial charge in [-0.2, -0.15) is 0 Å². The van der Waals surface area contributed by atoms with Crippen LogP contribution in [0.4, 0.5) is 14.5 Å². The zero-order valence-corrected chi connectivity index (χ0v) is 17.4. The average Bonchev–Trinajstić information content (AvgIpc) is 2.94. The Kier molecular flexibility index (Phi) is 5.77. The summed E-state index contributed by atoms with van der Waals surface area (Å²) in [6.07, 6.45) is 0. The van der Waals surface area contributed by atoms with Crippen LogP contribution in [0.2, 0.25) is 0 Å². The first-order chi connectivity index (χ1) is 15.4. The minimum atomic E-state index is -0.858. The molecule has 8 heteroatoms. The third kappa shape index (κ3) is 3.87. The van der Waals surface area contributed by atoms with Gasteiger partial charge in [-0.15, -0.1) is 0 Å². The van der Waals surface area contributed by atoms with Gasteiger partial charge in [-0.25, -0.2) is 8.78 Å². The van der Waals surface area contributed by atoms with Crippen LogP contribution in [-0.4, -0.2) is 37.5 Å². The van der Waals surface area contributed by atoms with Gasteiger partial charge in [0.25, 0.3) is 5.91 Å². The number of ether oxygens (including phenoxy) is 2. The van der Waals surface area contributed by atoms with Gasteiger partial charge < -0.3 is 19.7 Å². The Morgan fingerprint density at radius 1 is 1.00 bits per heavy atom. The number of hydrogen-bond acceptors (Lipinski definition) is 4. The number of halogens is 2. The molecule has 0 aromatic heterocycles. The minimum Gasteiger partial charge on any atom is -0.493 e. The van der Waals surface area contributed by atoms with Gasteiger partial charge in [-0.3, -0.25) is 9.59 Å². The monoisotopic (exact) mass is 438 g/mol. The summed E-state index contributed by atoms with van der Waals surface area (Å²) in [6, 6.07) is 13.4. The summed E-state index contributed by atoms with van der Waals surface area (Å²) < 4.78 is 38.5. The largest absolute Gasteiger partial charge is 0.493 e. The molecule has 0 saturated heterocycles. The molecule has 32 heavy (non-hydrogen) atoms. The van der Waals surface area contributed by atoms with E-state index >= 15 is 0 Å². The van der Waals surface area contributed by atoms with Gasteiger partial charge in [0.2, 0.25) is 5.91 Å². The predicted octanol–water partition coefficient (Wildman–Crippen LogP) is 4.17. The number of carbonyl (C=O) groups is 2. The van der Waals surface area contributed by atoms with Crippen molar-refractivity contribution in [3.63, 3.8) is 0 Å². The molecule has 3 aromatic carbocycles. The third-order valence-corrected chi connectivity index (χ3v) is 5.29. The molecule has 0 saturated carbocycles. The lowest BCUT2D eigenvalue weighted by atomic mass is 9.95. The summed E-state index contributed by atoms with van der Waals surface area (Å²) >= 11 is 0. The predicted molar refractivity (Wildman–Crippen MR) is 114 cm³/mol. The number of benzene rings is 3. The van der Waals surface area contributed by atoms with Crippen molar-refractivity contribution in [2.24, 2.45) is 0 Å². The molecule has 0 unspecified atom stereocenters. The lowest BCUT2D eigenvalue weighted by Crippen LogP contribution is -2.39. The Bertz CT molecular complexity index is 1180. The standard InChI is InChI=1S/C24H20F2N2O4/c1-31-20-5-3-4-17(23(20)32-2)24(30)28-13-21(29)27-19-11-10-16(26)12-18(19)22(28)14-6-8-15(25)9-7-14/h3-12,22H,13H2,1-2H3,(H,27,29)/t22-/m0/s1. The highest BCUT2D eigenvalue weighted by Crippen LogP contribution is 2.39. The van der Waals surface area contributed by atoms with Crippen molar-refractivity contribution in [3.8, 4) is 11.5 Å². The van der Waals surface area contributed by atoms with Gasteiger partial charge >= 0.3 is 0 Å². The zero-order chi connectivity index (χ0) is 22.8. The third-order valence-electron chi connectivity index (χ3n) is 5.29. The van der Waals surface area contributed by atoms with Crippen molar-refractivity contribution in [2.75, 3.05) is 26.1 Å². The molecule has 1 heterocycles. The van der Waals surface area contributed by atoms with Gasteiger partial charge in [0.05, 0.1) is 25.8 Å². The summed E-state index contributed by atoms with van der Waals surface area (Å²) in [6.45, 7) is -0.308. The first kappa shape index (κ1) is 21.3. The molecule has 1 aliphatic rings. The highest BCUT2D eigenvalue weighted by atomic mass is 19.1. The maximum absolute atomic E-state index is 14.2. The lowest BCUT2D eigenvalue weighted by molar-refractivity contribution is -0.117. The molecule has 0 spiro atoms. The Labute approximate surface area is 183 Å². The molecule has 3 aromatic rings. The van der Waals surface area contributed by atoms with Crippen molar-refractivity contribution in [1.29, 1.82) is 0 Å². The number of carbonyl (C=O) groups excluding carboxylic acids is 2. The van der Waals surface area contributed by atoms with E-state index in [1.54, 1.807) is 18.2 Å². The Morgan fingerprint density at radius 2 is 1.72 bits per heavy atom. The van der Waals surface area contributed by atoms with Crippen LogP contribution in [0.15, 0.2) is 60.7 Å². The molecule has 4 rings (SSSR count). The van der Waals surface area contributed by atoms with Crippen molar-refractivity contribution in [3.05, 3.63) is 89.0 Å². The Balaban J connectivity index is 1.91. The average molecular weight is 438 g/mol. The fourth-order valence-corrected chi connectivity index (χ4v) is 3.88. The molecule has 6 nitrogen and oxygen atoms in total. The summed E-state index contributed by atoms with van der Waals surface area (Å²) in [4.78, 5) is 27.7. The van der Waals surface area contributed by atoms with Crippen molar-refractivity contribution >= 4 is 17.5 Å². The quantitative estimate of drug-likeness (QED) is 0.664. The molecular weight excluding hydrogens is 418 g/mol. The van der Waals surface area contributed by atoms with E-state index in [0.717, 1.165) is 0 Å². The molecule has 2 amide bonds. The lowest BCUT2D eigenvalue weighted by Gasteiger charge is -2.31. The van der Waals surface area contributed by atoms with Gasteiger partial charge in [0.15, 0.2) is 11.5 Å². The highest BCUT2D eigenvalue weighted by Gasteiger charge is 2.35. The smallest absolute Gasteiger partial charge is 0.259 e. The van der Waals surface area contributed by atoms with E-state index in [0.29, 0.717) is 22.6 Å². The topological polar surface area (TPSA) is 67.9 Å². The number of para-hydroxylation sites is 1. The van der Waals surface area contributed by atoms with Crippen molar-refractivity contribution < 1.29 is 27.8 Å². The van der Waals surface area contributed by atoms with Crippen LogP contribution < -0.4 is 14.8 Å². The van der Waals surface area contributed by atoms with E-state index in [4.69, 9.17) is 9.47 Å². The van der Waals surface area contributed by atoms with E-state index < -0.39 is 29.5 Å². The zero-order valence-electron chi connectivity index (χ0n) is 17.4. The van der Waals surface area contributed by atoms with Gasteiger partial charge in [-0.1, -0.05) is 18.2 Å². The molecule has 0 bridgehead atoms. The number of nitrogens with one attached hydrogen (secondary N) is 1. The molecule has 164 valence electrons. The number of nitrogens with zero attached hydrogens (tertiary/aromatic N) is 1. The van der Waals surface area contributed by atoms with Gasteiger partial charge in [0.1, 0.15) is 18.2 Å². The molecule has 1 atom stereocenters. The number of anilines is 1. The number of hydrogen-bond donors (Lipinski definition) is 1. The molecule has 0 fully saturated rings. The number of rotatable bonds is 4. The maximum atomic E-state index is 14.2. The molecule has 1 aliphatic heterocycles. The first-order valence-electron chi connectivity index (χ1n) is 9.79. The number of methoxy groups -OCH3 is 2. The number of amides is 2.